The van der Waals surface area contributed by atoms with Crippen molar-refractivity contribution >= 4 is 15.7 Å². The SMILES string of the molecule is Cc1c(C2CCCCS2(=O)=O)noc1N. The molecule has 5 nitrogen and oxygen atoms in total. The molecule has 0 amide bonds. The van der Waals surface area contributed by atoms with Crippen molar-refractivity contribution in [1.82, 2.24) is 5.16 Å². The van der Waals surface area contributed by atoms with E-state index in [1.54, 1.807) is 6.92 Å². The normalized spacial score (nSPS) is 25.3. The molecule has 1 unspecified atom stereocenters. The maximum absolute atomic E-state index is 11.8. The number of nitrogen functional groups attached to an aromatic ring is 1. The Morgan fingerprint density at radius 1 is 1.47 bits per heavy atom. The minimum absolute atomic E-state index is 0.214. The minimum Gasteiger partial charge on any atom is -0.367 e. The zero-order valence-corrected chi connectivity index (χ0v) is 9.38. The molecule has 1 atom stereocenters. The molecule has 0 bridgehead atoms. The van der Waals surface area contributed by atoms with Crippen molar-refractivity contribution in [3.8, 4) is 0 Å². The number of anilines is 1. The first-order chi connectivity index (χ1) is 7.02. The minimum atomic E-state index is -3.06. The lowest BCUT2D eigenvalue weighted by Crippen LogP contribution is -2.22. The van der Waals surface area contributed by atoms with E-state index in [2.05, 4.69) is 5.16 Å². The molecule has 0 saturated carbocycles. The van der Waals surface area contributed by atoms with E-state index in [4.69, 9.17) is 10.3 Å². The predicted octanol–water partition coefficient (Wildman–Crippen LogP) is 1.21. The van der Waals surface area contributed by atoms with E-state index in [0.717, 1.165) is 12.8 Å². The van der Waals surface area contributed by atoms with Crippen LogP contribution in [0.5, 0.6) is 0 Å². The molecule has 1 aliphatic heterocycles. The van der Waals surface area contributed by atoms with Crippen molar-refractivity contribution in [2.45, 2.75) is 31.4 Å². The van der Waals surface area contributed by atoms with Gasteiger partial charge in [-0.15, -0.1) is 0 Å². The molecule has 1 saturated heterocycles. The van der Waals surface area contributed by atoms with E-state index >= 15 is 0 Å². The zero-order chi connectivity index (χ0) is 11.1. The molecule has 2 N–H and O–H groups in total. The van der Waals surface area contributed by atoms with Crippen LogP contribution < -0.4 is 5.73 Å². The highest BCUT2D eigenvalue weighted by molar-refractivity contribution is 7.91. The molecule has 84 valence electrons. The fourth-order valence-corrected chi connectivity index (χ4v) is 3.90. The van der Waals surface area contributed by atoms with Gasteiger partial charge in [-0.1, -0.05) is 11.6 Å². The van der Waals surface area contributed by atoms with Gasteiger partial charge >= 0.3 is 0 Å². The van der Waals surface area contributed by atoms with Crippen LogP contribution in [0, 0.1) is 6.92 Å². The molecule has 1 aromatic heterocycles. The van der Waals surface area contributed by atoms with Crippen LogP contribution in [0.25, 0.3) is 0 Å². The molecule has 6 heteroatoms. The van der Waals surface area contributed by atoms with Crippen LogP contribution in [0.4, 0.5) is 5.88 Å². The van der Waals surface area contributed by atoms with E-state index in [0.29, 0.717) is 17.7 Å². The van der Waals surface area contributed by atoms with Crippen molar-refractivity contribution < 1.29 is 12.9 Å². The molecular formula is C9H14N2O3S. The lowest BCUT2D eigenvalue weighted by molar-refractivity contribution is 0.421. The van der Waals surface area contributed by atoms with Gasteiger partial charge in [-0.05, 0) is 19.8 Å². The molecule has 15 heavy (non-hydrogen) atoms. The molecule has 0 spiro atoms. The van der Waals surface area contributed by atoms with Gasteiger partial charge in [0, 0.05) is 5.56 Å². The van der Waals surface area contributed by atoms with Crippen LogP contribution in [0.1, 0.15) is 35.8 Å². The van der Waals surface area contributed by atoms with E-state index in [1.807, 2.05) is 0 Å². The average molecular weight is 230 g/mol. The maximum Gasteiger partial charge on any atom is 0.225 e. The number of nitrogens with zero attached hydrogens (tertiary/aromatic N) is 1. The number of hydrogen-bond acceptors (Lipinski definition) is 5. The molecule has 1 fully saturated rings. The molecule has 1 aromatic rings. The first kappa shape index (κ1) is 10.5. The average Bonchev–Trinajstić information content (AvgIpc) is 2.48. The van der Waals surface area contributed by atoms with Crippen molar-refractivity contribution in [3.05, 3.63) is 11.3 Å². The van der Waals surface area contributed by atoms with E-state index in [-0.39, 0.29) is 11.6 Å². The summed E-state index contributed by atoms with van der Waals surface area (Å²) in [5.41, 5.74) is 6.66. The predicted molar refractivity (Wildman–Crippen MR) is 56.0 cm³/mol. The molecular weight excluding hydrogens is 216 g/mol. The van der Waals surface area contributed by atoms with Crippen LogP contribution in [0.3, 0.4) is 0 Å². The van der Waals surface area contributed by atoms with Crippen LogP contribution in [0.15, 0.2) is 4.52 Å². The smallest absolute Gasteiger partial charge is 0.225 e. The third kappa shape index (κ3) is 1.73. The third-order valence-corrected chi connectivity index (χ3v) is 5.06. The standard InChI is InChI=1S/C9H14N2O3S/c1-6-8(11-14-9(6)10)7-4-2-3-5-15(7,12)13/h7H,2-5,10H2,1H3. The van der Waals surface area contributed by atoms with E-state index in [1.165, 1.54) is 0 Å². The van der Waals surface area contributed by atoms with Gasteiger partial charge in [-0.25, -0.2) is 8.42 Å². The van der Waals surface area contributed by atoms with Gasteiger partial charge < -0.3 is 10.3 Å². The second kappa shape index (κ2) is 3.52. The Labute approximate surface area is 88.5 Å². The third-order valence-electron chi connectivity index (χ3n) is 2.88. The number of sulfone groups is 1. The van der Waals surface area contributed by atoms with Gasteiger partial charge in [0.05, 0.1) is 5.75 Å². The fourth-order valence-electron chi connectivity index (χ4n) is 1.92. The maximum atomic E-state index is 11.8. The van der Waals surface area contributed by atoms with Crippen LogP contribution in [0.2, 0.25) is 0 Å². The summed E-state index contributed by atoms with van der Waals surface area (Å²) in [5, 5.41) is 3.23. The highest BCUT2D eigenvalue weighted by Crippen LogP contribution is 2.35. The Hall–Kier alpha value is -1.04. The Bertz CT molecular complexity index is 464. The fraction of sp³-hybridized carbons (Fsp3) is 0.667. The largest absolute Gasteiger partial charge is 0.367 e. The summed E-state index contributed by atoms with van der Waals surface area (Å²) in [5.74, 6) is 0.454. The summed E-state index contributed by atoms with van der Waals surface area (Å²) in [6, 6.07) is 0. The van der Waals surface area contributed by atoms with Crippen LogP contribution in [-0.2, 0) is 9.84 Å². The Balaban J connectivity index is 2.42. The van der Waals surface area contributed by atoms with Crippen molar-refractivity contribution in [1.29, 1.82) is 0 Å². The summed E-state index contributed by atoms with van der Waals surface area (Å²) in [6.07, 6.45) is 2.27. The highest BCUT2D eigenvalue weighted by Gasteiger charge is 2.34. The van der Waals surface area contributed by atoms with Crippen molar-refractivity contribution in [3.63, 3.8) is 0 Å². The highest BCUT2D eigenvalue weighted by atomic mass is 32.2. The molecule has 0 aromatic carbocycles. The molecule has 0 aliphatic carbocycles. The summed E-state index contributed by atoms with van der Waals surface area (Å²) >= 11 is 0. The number of rotatable bonds is 1. The topological polar surface area (TPSA) is 86.2 Å². The summed E-state index contributed by atoms with van der Waals surface area (Å²) in [7, 11) is -3.06. The van der Waals surface area contributed by atoms with Gasteiger partial charge in [-0.3, -0.25) is 0 Å². The second-order valence-electron chi connectivity index (χ2n) is 3.91. The van der Waals surface area contributed by atoms with Gasteiger partial charge in [0.25, 0.3) is 0 Å². The van der Waals surface area contributed by atoms with Gasteiger partial charge in [-0.2, -0.15) is 0 Å². The van der Waals surface area contributed by atoms with Crippen molar-refractivity contribution in [2.75, 3.05) is 11.5 Å². The number of hydrogen-bond donors (Lipinski definition) is 1. The Morgan fingerprint density at radius 2 is 2.20 bits per heavy atom. The molecule has 1 aliphatic rings. The molecule has 2 heterocycles. The zero-order valence-electron chi connectivity index (χ0n) is 8.56. The quantitative estimate of drug-likeness (QED) is 0.783. The van der Waals surface area contributed by atoms with E-state index < -0.39 is 15.1 Å². The lowest BCUT2D eigenvalue weighted by atomic mass is 10.1. The molecule has 0 radical (unpaired) electrons. The number of nitrogens with two attached hydrogens (primary N) is 1. The van der Waals surface area contributed by atoms with Crippen LogP contribution >= 0.6 is 0 Å². The van der Waals surface area contributed by atoms with Gasteiger partial charge in [0.2, 0.25) is 5.88 Å². The van der Waals surface area contributed by atoms with E-state index in [9.17, 15) is 8.42 Å². The first-order valence-electron chi connectivity index (χ1n) is 4.95. The second-order valence-corrected chi connectivity index (χ2v) is 6.21. The summed E-state index contributed by atoms with van der Waals surface area (Å²) in [4.78, 5) is 0. The van der Waals surface area contributed by atoms with Crippen molar-refractivity contribution in [2.24, 2.45) is 0 Å². The monoisotopic (exact) mass is 230 g/mol. The van der Waals surface area contributed by atoms with Gasteiger partial charge in [0.15, 0.2) is 9.84 Å². The summed E-state index contributed by atoms with van der Waals surface area (Å²) < 4.78 is 28.4. The Morgan fingerprint density at radius 3 is 2.73 bits per heavy atom. The first-order valence-corrected chi connectivity index (χ1v) is 6.67. The summed E-state index contributed by atoms with van der Waals surface area (Å²) in [6.45, 7) is 1.74. The Kier molecular flexibility index (Phi) is 2.46. The lowest BCUT2D eigenvalue weighted by Gasteiger charge is -2.20. The number of aromatic nitrogens is 1. The van der Waals surface area contributed by atoms with Gasteiger partial charge in [0.1, 0.15) is 10.9 Å². The molecule has 2 rings (SSSR count). The van der Waals surface area contributed by atoms with Crippen LogP contribution in [-0.4, -0.2) is 19.3 Å².